The normalized spacial score (nSPS) is 11.1. The number of benzene rings is 1. The molecule has 0 aliphatic heterocycles. The number of nitrogens with zero attached hydrogens (tertiary/aromatic N) is 3. The fraction of sp³-hybridized carbons (Fsp3) is 0. The standard InChI is InChI=1S/C12H6BrF2N3/c13-10-9(7-1-3-8(14)4-2-7)17-12-11(15)16-5-6-18(10)12/h1-6H. The van der Waals surface area contributed by atoms with Gasteiger partial charge in [-0.3, -0.25) is 4.40 Å². The van der Waals surface area contributed by atoms with Crippen molar-refractivity contribution in [3.63, 3.8) is 0 Å². The van der Waals surface area contributed by atoms with Gasteiger partial charge in [-0.2, -0.15) is 4.39 Å². The average Bonchev–Trinajstić information content (AvgIpc) is 2.70. The van der Waals surface area contributed by atoms with Crippen LogP contribution < -0.4 is 0 Å². The Bertz CT molecular complexity index is 722. The molecule has 0 radical (unpaired) electrons. The predicted molar refractivity (Wildman–Crippen MR) is 66.0 cm³/mol. The van der Waals surface area contributed by atoms with Crippen molar-refractivity contribution < 1.29 is 8.78 Å². The van der Waals surface area contributed by atoms with E-state index in [0.717, 1.165) is 0 Å². The number of rotatable bonds is 1. The highest BCUT2D eigenvalue weighted by Gasteiger charge is 2.14. The largest absolute Gasteiger partial charge is 0.288 e. The molecule has 6 heteroatoms. The van der Waals surface area contributed by atoms with E-state index in [4.69, 9.17) is 0 Å². The SMILES string of the molecule is Fc1ccc(-c2nc3c(F)nccn3c2Br)cc1. The summed E-state index contributed by atoms with van der Waals surface area (Å²) in [4.78, 5) is 7.71. The third-order valence-electron chi connectivity index (χ3n) is 2.56. The minimum atomic E-state index is -0.647. The van der Waals surface area contributed by atoms with Crippen LogP contribution in [0.1, 0.15) is 0 Å². The molecular weight excluding hydrogens is 304 g/mol. The molecule has 0 N–H and O–H groups in total. The third kappa shape index (κ3) is 1.69. The molecule has 0 amide bonds. The van der Waals surface area contributed by atoms with Crippen molar-refractivity contribution in [2.75, 3.05) is 0 Å². The first-order valence-electron chi connectivity index (χ1n) is 5.11. The maximum atomic E-state index is 13.5. The van der Waals surface area contributed by atoms with Gasteiger partial charge in [-0.15, -0.1) is 0 Å². The zero-order chi connectivity index (χ0) is 12.7. The first-order valence-corrected chi connectivity index (χ1v) is 5.90. The number of fused-ring (bicyclic) bond motifs is 1. The Kier molecular flexibility index (Phi) is 2.59. The molecule has 90 valence electrons. The molecule has 0 aliphatic rings. The van der Waals surface area contributed by atoms with E-state index >= 15 is 0 Å². The molecule has 0 saturated heterocycles. The molecule has 0 saturated carbocycles. The van der Waals surface area contributed by atoms with Crippen molar-refractivity contribution in [3.8, 4) is 11.3 Å². The summed E-state index contributed by atoms with van der Waals surface area (Å²) in [6, 6.07) is 5.85. The Morgan fingerprint density at radius 1 is 1.11 bits per heavy atom. The van der Waals surface area contributed by atoms with Gasteiger partial charge < -0.3 is 0 Å². The van der Waals surface area contributed by atoms with Gasteiger partial charge >= 0.3 is 0 Å². The van der Waals surface area contributed by atoms with E-state index in [1.165, 1.54) is 18.3 Å². The lowest BCUT2D eigenvalue weighted by Gasteiger charge is -1.97. The maximum Gasteiger partial charge on any atom is 0.256 e. The molecular formula is C12H6BrF2N3. The molecule has 0 aliphatic carbocycles. The Hall–Kier alpha value is -1.82. The van der Waals surface area contributed by atoms with Crippen molar-refractivity contribution in [3.05, 3.63) is 53.0 Å². The second kappa shape index (κ2) is 4.13. The Morgan fingerprint density at radius 2 is 1.83 bits per heavy atom. The Morgan fingerprint density at radius 3 is 2.50 bits per heavy atom. The lowest BCUT2D eigenvalue weighted by Crippen LogP contribution is -1.90. The summed E-state index contributed by atoms with van der Waals surface area (Å²) in [6.07, 6.45) is 2.95. The van der Waals surface area contributed by atoms with E-state index in [-0.39, 0.29) is 11.5 Å². The predicted octanol–water partition coefficient (Wildman–Crippen LogP) is 3.44. The van der Waals surface area contributed by atoms with Crippen LogP contribution in [0.15, 0.2) is 41.3 Å². The summed E-state index contributed by atoms with van der Waals surface area (Å²) in [5.41, 5.74) is 1.37. The topological polar surface area (TPSA) is 30.2 Å². The van der Waals surface area contributed by atoms with E-state index < -0.39 is 5.95 Å². The highest BCUT2D eigenvalue weighted by molar-refractivity contribution is 9.10. The van der Waals surface area contributed by atoms with Crippen molar-refractivity contribution in [2.24, 2.45) is 0 Å². The zero-order valence-corrected chi connectivity index (χ0v) is 10.5. The second-order valence-corrected chi connectivity index (χ2v) is 4.42. The van der Waals surface area contributed by atoms with Gasteiger partial charge in [0.2, 0.25) is 0 Å². The highest BCUT2D eigenvalue weighted by atomic mass is 79.9. The Labute approximate surface area is 109 Å². The average molecular weight is 310 g/mol. The van der Waals surface area contributed by atoms with E-state index in [1.54, 1.807) is 22.7 Å². The van der Waals surface area contributed by atoms with Crippen molar-refractivity contribution >= 4 is 21.6 Å². The van der Waals surface area contributed by atoms with Crippen LogP contribution in [0.5, 0.6) is 0 Å². The smallest absolute Gasteiger partial charge is 0.256 e. The lowest BCUT2D eigenvalue weighted by molar-refractivity contribution is 0.585. The van der Waals surface area contributed by atoms with Gasteiger partial charge in [-0.05, 0) is 40.2 Å². The second-order valence-electron chi connectivity index (χ2n) is 3.67. The number of aromatic nitrogens is 3. The summed E-state index contributed by atoms with van der Waals surface area (Å²) in [7, 11) is 0. The van der Waals surface area contributed by atoms with Gasteiger partial charge in [0.15, 0.2) is 5.65 Å². The van der Waals surface area contributed by atoms with Crippen LogP contribution in [0.2, 0.25) is 0 Å². The van der Waals surface area contributed by atoms with E-state index in [2.05, 4.69) is 25.9 Å². The molecule has 2 aromatic heterocycles. The van der Waals surface area contributed by atoms with Crippen LogP contribution in [0, 0.1) is 11.8 Å². The molecule has 3 rings (SSSR count). The first kappa shape index (κ1) is 11.3. The summed E-state index contributed by atoms with van der Waals surface area (Å²) < 4.78 is 28.5. The van der Waals surface area contributed by atoms with Gasteiger partial charge in [-0.1, -0.05) is 0 Å². The van der Waals surface area contributed by atoms with Crippen molar-refractivity contribution in [1.82, 2.24) is 14.4 Å². The van der Waals surface area contributed by atoms with Crippen molar-refractivity contribution in [2.45, 2.75) is 0 Å². The number of hydrogen-bond donors (Lipinski definition) is 0. The number of imidazole rings is 1. The minimum Gasteiger partial charge on any atom is -0.288 e. The van der Waals surface area contributed by atoms with E-state index in [9.17, 15) is 8.78 Å². The molecule has 3 aromatic rings. The van der Waals surface area contributed by atoms with Gasteiger partial charge in [-0.25, -0.2) is 14.4 Å². The van der Waals surface area contributed by atoms with E-state index in [1.807, 2.05) is 0 Å². The third-order valence-corrected chi connectivity index (χ3v) is 3.32. The molecule has 0 atom stereocenters. The molecule has 0 unspecified atom stereocenters. The van der Waals surface area contributed by atoms with Gasteiger partial charge in [0, 0.05) is 18.0 Å². The van der Waals surface area contributed by atoms with Crippen molar-refractivity contribution in [1.29, 1.82) is 0 Å². The summed E-state index contributed by atoms with van der Waals surface area (Å²) >= 11 is 3.35. The van der Waals surface area contributed by atoms with Crippen LogP contribution in [-0.4, -0.2) is 14.4 Å². The van der Waals surface area contributed by atoms with E-state index in [0.29, 0.717) is 15.9 Å². The fourth-order valence-corrected chi connectivity index (χ4v) is 2.31. The minimum absolute atomic E-state index is 0.128. The summed E-state index contributed by atoms with van der Waals surface area (Å²) in [5, 5.41) is 0. The van der Waals surface area contributed by atoms with Crippen LogP contribution in [0.3, 0.4) is 0 Å². The van der Waals surface area contributed by atoms with Crippen LogP contribution in [0.4, 0.5) is 8.78 Å². The zero-order valence-electron chi connectivity index (χ0n) is 8.94. The van der Waals surface area contributed by atoms with Crippen LogP contribution in [-0.2, 0) is 0 Å². The highest BCUT2D eigenvalue weighted by Crippen LogP contribution is 2.29. The first-order chi connectivity index (χ1) is 8.66. The lowest BCUT2D eigenvalue weighted by atomic mass is 10.2. The monoisotopic (exact) mass is 309 g/mol. The Balaban J connectivity index is 2.27. The molecule has 0 spiro atoms. The van der Waals surface area contributed by atoms with Gasteiger partial charge in [0.05, 0.1) is 0 Å². The molecule has 18 heavy (non-hydrogen) atoms. The maximum absolute atomic E-state index is 13.5. The molecule has 3 nitrogen and oxygen atoms in total. The summed E-state index contributed by atoms with van der Waals surface area (Å²) in [6.45, 7) is 0. The molecule has 1 aromatic carbocycles. The fourth-order valence-electron chi connectivity index (χ4n) is 1.71. The number of halogens is 3. The van der Waals surface area contributed by atoms with Gasteiger partial charge in [0.25, 0.3) is 5.95 Å². The van der Waals surface area contributed by atoms with Crippen LogP contribution >= 0.6 is 15.9 Å². The van der Waals surface area contributed by atoms with Gasteiger partial charge in [0.1, 0.15) is 16.1 Å². The molecule has 2 heterocycles. The van der Waals surface area contributed by atoms with Crippen LogP contribution in [0.25, 0.3) is 16.9 Å². The molecule has 0 fully saturated rings. The molecule has 0 bridgehead atoms. The summed E-state index contributed by atoms with van der Waals surface area (Å²) in [5.74, 6) is -0.974. The number of hydrogen-bond acceptors (Lipinski definition) is 2. The quantitative estimate of drug-likeness (QED) is 0.689.